The van der Waals surface area contributed by atoms with Crippen LogP contribution in [-0.2, 0) is 4.79 Å². The van der Waals surface area contributed by atoms with Crippen LogP contribution in [0.1, 0.15) is 24.0 Å². The maximum atomic E-state index is 10.8. The number of hydrogen-bond acceptors (Lipinski definition) is 2. The highest BCUT2D eigenvalue weighted by Crippen LogP contribution is 2.31. The number of carbonyl (C=O) groups is 1. The quantitative estimate of drug-likeness (QED) is 0.820. The smallest absolute Gasteiger partial charge is 0.310 e. The van der Waals surface area contributed by atoms with Gasteiger partial charge in [-0.2, -0.15) is 5.26 Å². The number of aliphatic carboxylic acids is 1. The molecule has 1 N–H and O–H groups in total. The average Bonchev–Trinajstić information content (AvgIpc) is 2.78. The normalized spacial score (nSPS) is 18.9. The highest BCUT2D eigenvalue weighted by molar-refractivity contribution is 5.79. The SMILES string of the molecule is N#Cc1cccc(C2=C[C@H](C(=O)O)CC2)c1. The van der Waals surface area contributed by atoms with Crippen LogP contribution in [0.3, 0.4) is 0 Å². The molecule has 0 saturated heterocycles. The Morgan fingerprint density at radius 3 is 2.94 bits per heavy atom. The van der Waals surface area contributed by atoms with Crippen LogP contribution >= 0.6 is 0 Å². The lowest BCUT2D eigenvalue weighted by Gasteiger charge is -2.01. The topological polar surface area (TPSA) is 61.1 Å². The molecule has 0 fully saturated rings. The third-order valence-electron chi connectivity index (χ3n) is 2.81. The maximum Gasteiger partial charge on any atom is 0.310 e. The number of rotatable bonds is 2. The van der Waals surface area contributed by atoms with Crippen LogP contribution in [0.2, 0.25) is 0 Å². The van der Waals surface area contributed by atoms with Gasteiger partial charge in [0.2, 0.25) is 0 Å². The summed E-state index contributed by atoms with van der Waals surface area (Å²) in [6.07, 6.45) is 3.21. The van der Waals surface area contributed by atoms with Gasteiger partial charge in [-0.1, -0.05) is 18.2 Å². The van der Waals surface area contributed by atoms with E-state index in [9.17, 15) is 4.79 Å². The van der Waals surface area contributed by atoms with Gasteiger partial charge in [0.05, 0.1) is 17.6 Å². The van der Waals surface area contributed by atoms with Crippen molar-refractivity contribution < 1.29 is 9.90 Å². The Hall–Kier alpha value is -2.08. The van der Waals surface area contributed by atoms with Gasteiger partial charge in [-0.05, 0) is 36.1 Å². The minimum atomic E-state index is -0.772. The molecule has 1 aliphatic carbocycles. The Kier molecular flexibility index (Phi) is 2.74. The molecule has 0 saturated carbocycles. The highest BCUT2D eigenvalue weighted by atomic mass is 16.4. The van der Waals surface area contributed by atoms with E-state index in [1.165, 1.54) is 0 Å². The van der Waals surface area contributed by atoms with Gasteiger partial charge < -0.3 is 5.11 Å². The highest BCUT2D eigenvalue weighted by Gasteiger charge is 2.22. The second-order valence-corrected chi connectivity index (χ2v) is 3.87. The van der Waals surface area contributed by atoms with E-state index >= 15 is 0 Å². The second kappa shape index (κ2) is 4.19. The number of nitrogens with zero attached hydrogens (tertiary/aromatic N) is 1. The van der Waals surface area contributed by atoms with Crippen LogP contribution in [-0.4, -0.2) is 11.1 Å². The number of carboxylic acids is 1. The zero-order valence-electron chi connectivity index (χ0n) is 8.68. The average molecular weight is 213 g/mol. The molecule has 80 valence electrons. The molecule has 0 unspecified atom stereocenters. The summed E-state index contributed by atoms with van der Waals surface area (Å²) in [6.45, 7) is 0. The van der Waals surface area contributed by atoms with Gasteiger partial charge in [0.25, 0.3) is 0 Å². The van der Waals surface area contributed by atoms with Crippen molar-refractivity contribution >= 4 is 11.5 Å². The summed E-state index contributed by atoms with van der Waals surface area (Å²) in [6, 6.07) is 9.36. The minimum Gasteiger partial charge on any atom is -0.481 e. The van der Waals surface area contributed by atoms with E-state index in [4.69, 9.17) is 10.4 Å². The van der Waals surface area contributed by atoms with Gasteiger partial charge in [0, 0.05) is 0 Å². The van der Waals surface area contributed by atoms with Crippen molar-refractivity contribution in [1.29, 1.82) is 5.26 Å². The first-order chi connectivity index (χ1) is 7.70. The van der Waals surface area contributed by atoms with Crippen LogP contribution < -0.4 is 0 Å². The Bertz CT molecular complexity index is 497. The zero-order chi connectivity index (χ0) is 11.5. The number of carboxylic acid groups (broad SMARTS) is 1. The molecule has 16 heavy (non-hydrogen) atoms. The number of allylic oxidation sites excluding steroid dienone is 1. The van der Waals surface area contributed by atoms with Crippen LogP contribution in [0.25, 0.3) is 5.57 Å². The van der Waals surface area contributed by atoms with Crippen LogP contribution in [0, 0.1) is 17.2 Å². The molecule has 1 aromatic carbocycles. The summed E-state index contributed by atoms with van der Waals surface area (Å²) in [5.41, 5.74) is 2.60. The molecule has 2 rings (SSSR count). The molecule has 0 aliphatic heterocycles. The van der Waals surface area contributed by atoms with Gasteiger partial charge in [-0.3, -0.25) is 4.79 Å². The van der Waals surface area contributed by atoms with Gasteiger partial charge >= 0.3 is 5.97 Å². The first-order valence-electron chi connectivity index (χ1n) is 5.15. The molecule has 1 aliphatic rings. The van der Waals surface area contributed by atoms with Gasteiger partial charge in [0.1, 0.15) is 0 Å². The van der Waals surface area contributed by atoms with Crippen molar-refractivity contribution in [3.05, 3.63) is 41.5 Å². The monoisotopic (exact) mass is 213 g/mol. The molecule has 0 spiro atoms. The molecule has 0 aromatic heterocycles. The van der Waals surface area contributed by atoms with Gasteiger partial charge in [-0.25, -0.2) is 0 Å². The maximum absolute atomic E-state index is 10.8. The zero-order valence-corrected chi connectivity index (χ0v) is 8.68. The van der Waals surface area contributed by atoms with E-state index in [0.29, 0.717) is 12.0 Å². The molecule has 1 aromatic rings. The van der Waals surface area contributed by atoms with Crippen molar-refractivity contribution in [2.75, 3.05) is 0 Å². The molecule has 1 atom stereocenters. The first kappa shape index (κ1) is 10.4. The Labute approximate surface area is 93.6 Å². The fourth-order valence-corrected chi connectivity index (χ4v) is 1.94. The van der Waals surface area contributed by atoms with Crippen molar-refractivity contribution in [3.8, 4) is 6.07 Å². The van der Waals surface area contributed by atoms with E-state index < -0.39 is 5.97 Å². The molecular formula is C13H11NO2. The van der Waals surface area contributed by atoms with E-state index in [-0.39, 0.29) is 5.92 Å². The van der Waals surface area contributed by atoms with E-state index in [0.717, 1.165) is 17.6 Å². The lowest BCUT2D eigenvalue weighted by atomic mass is 10.0. The fourth-order valence-electron chi connectivity index (χ4n) is 1.94. The number of nitriles is 1. The van der Waals surface area contributed by atoms with Crippen molar-refractivity contribution in [2.45, 2.75) is 12.8 Å². The Morgan fingerprint density at radius 1 is 1.50 bits per heavy atom. The summed E-state index contributed by atoms with van der Waals surface area (Å²) in [4.78, 5) is 10.8. The summed E-state index contributed by atoms with van der Waals surface area (Å²) >= 11 is 0. The minimum absolute atomic E-state index is 0.374. The summed E-state index contributed by atoms with van der Waals surface area (Å²) in [5.74, 6) is -1.15. The van der Waals surface area contributed by atoms with E-state index in [1.54, 1.807) is 18.2 Å². The largest absolute Gasteiger partial charge is 0.481 e. The lowest BCUT2D eigenvalue weighted by Crippen LogP contribution is -2.06. The molecule has 3 heteroatoms. The van der Waals surface area contributed by atoms with Crippen molar-refractivity contribution in [3.63, 3.8) is 0 Å². The summed E-state index contributed by atoms with van der Waals surface area (Å²) in [5, 5.41) is 17.7. The number of benzene rings is 1. The van der Waals surface area contributed by atoms with Gasteiger partial charge in [-0.15, -0.1) is 0 Å². The summed E-state index contributed by atoms with van der Waals surface area (Å²) < 4.78 is 0. The number of hydrogen-bond donors (Lipinski definition) is 1. The first-order valence-corrected chi connectivity index (χ1v) is 5.15. The molecule has 0 heterocycles. The van der Waals surface area contributed by atoms with Gasteiger partial charge in [0.15, 0.2) is 0 Å². The Morgan fingerprint density at radius 2 is 2.31 bits per heavy atom. The van der Waals surface area contributed by atoms with Crippen LogP contribution in [0.5, 0.6) is 0 Å². The predicted molar refractivity (Wildman–Crippen MR) is 59.5 cm³/mol. The summed E-state index contributed by atoms with van der Waals surface area (Å²) in [7, 11) is 0. The standard InChI is InChI=1S/C13H11NO2/c14-8-9-2-1-3-10(6-9)11-4-5-12(7-11)13(15)16/h1-3,6-7,12H,4-5H2,(H,15,16)/t12-/m1/s1. The molecule has 3 nitrogen and oxygen atoms in total. The van der Waals surface area contributed by atoms with Crippen LogP contribution in [0.15, 0.2) is 30.3 Å². The van der Waals surface area contributed by atoms with Crippen molar-refractivity contribution in [2.24, 2.45) is 5.92 Å². The van der Waals surface area contributed by atoms with E-state index in [1.807, 2.05) is 12.1 Å². The van der Waals surface area contributed by atoms with Crippen molar-refractivity contribution in [1.82, 2.24) is 0 Å². The third kappa shape index (κ3) is 1.96. The predicted octanol–water partition coefficient (Wildman–Crippen LogP) is 2.44. The fraction of sp³-hybridized carbons (Fsp3) is 0.231. The van der Waals surface area contributed by atoms with Crippen LogP contribution in [0.4, 0.5) is 0 Å². The lowest BCUT2D eigenvalue weighted by molar-refractivity contribution is -0.140. The molecule has 0 bridgehead atoms. The molecule has 0 radical (unpaired) electrons. The third-order valence-corrected chi connectivity index (χ3v) is 2.81. The molecule has 0 amide bonds. The van der Waals surface area contributed by atoms with E-state index in [2.05, 4.69) is 6.07 Å². The Balaban J connectivity index is 2.29. The molecular weight excluding hydrogens is 202 g/mol. The second-order valence-electron chi connectivity index (χ2n) is 3.87.